The lowest BCUT2D eigenvalue weighted by Crippen LogP contribution is -2.23. The third kappa shape index (κ3) is 2.58. The van der Waals surface area contributed by atoms with Gasteiger partial charge in [0, 0.05) is 20.2 Å². The van der Waals surface area contributed by atoms with Gasteiger partial charge in [0.25, 0.3) is 11.7 Å². The predicted molar refractivity (Wildman–Crippen MR) is 69.1 cm³/mol. The summed E-state index contributed by atoms with van der Waals surface area (Å²) >= 11 is 0. The number of likely N-dealkylation sites (N-methyl/N-ethyl adjacent to an activating group) is 1. The number of halogens is 1. The molecule has 0 spiro atoms. The fourth-order valence-electron chi connectivity index (χ4n) is 1.91. The molecule has 0 saturated heterocycles. The maximum atomic E-state index is 13.9. The lowest BCUT2D eigenvalue weighted by Gasteiger charge is -2.20. The van der Waals surface area contributed by atoms with E-state index in [0.717, 1.165) is 6.07 Å². The van der Waals surface area contributed by atoms with Crippen LogP contribution in [-0.4, -0.2) is 38.5 Å². The van der Waals surface area contributed by atoms with E-state index in [1.54, 1.807) is 11.9 Å². The molecule has 1 N–H and O–H groups in total. The first-order valence-corrected chi connectivity index (χ1v) is 6.02. The van der Waals surface area contributed by atoms with Gasteiger partial charge < -0.3 is 15.0 Å². The van der Waals surface area contributed by atoms with Gasteiger partial charge in [-0.2, -0.15) is 0 Å². The molecule has 1 aromatic carbocycles. The van der Waals surface area contributed by atoms with Crippen LogP contribution < -0.4 is 10.2 Å². The highest BCUT2D eigenvalue weighted by Crippen LogP contribution is 2.30. The number of ether oxygens (including phenoxy) is 1. The summed E-state index contributed by atoms with van der Waals surface area (Å²) in [4.78, 5) is 24.3. The van der Waals surface area contributed by atoms with Gasteiger partial charge in [0.05, 0.1) is 23.5 Å². The molecular weight excluding hydrogens is 251 g/mol. The summed E-state index contributed by atoms with van der Waals surface area (Å²) in [6.07, 6.45) is 0. The normalized spacial score (nSPS) is 13.4. The Kier molecular flexibility index (Phi) is 3.80. The van der Waals surface area contributed by atoms with E-state index in [1.807, 2.05) is 6.92 Å². The number of hydrogen-bond donors (Lipinski definition) is 1. The molecule has 1 amide bonds. The number of hydrogen-bond acceptors (Lipinski definition) is 4. The first-order valence-electron chi connectivity index (χ1n) is 6.02. The Bertz CT molecular complexity index is 531. The molecule has 0 bridgehead atoms. The lowest BCUT2D eigenvalue weighted by molar-refractivity contribution is -0.112. The number of ketones is 1. The standard InChI is InChI=1S/C13H15FN2O3/c1-3-19-5-4-16(2)11-7-10-8(6-9(11)14)12(17)13(18)15-10/h6-7H,3-5H2,1-2H3,(H,15,17,18). The fraction of sp³-hybridized carbons (Fsp3) is 0.385. The smallest absolute Gasteiger partial charge is 0.296 e. The van der Waals surface area contributed by atoms with Crippen molar-refractivity contribution in [3.05, 3.63) is 23.5 Å². The largest absolute Gasteiger partial charge is 0.380 e. The molecule has 0 aromatic heterocycles. The van der Waals surface area contributed by atoms with Gasteiger partial charge in [0.2, 0.25) is 0 Å². The molecule has 19 heavy (non-hydrogen) atoms. The van der Waals surface area contributed by atoms with Crippen LogP contribution in [0, 0.1) is 5.82 Å². The van der Waals surface area contributed by atoms with E-state index >= 15 is 0 Å². The second-order valence-electron chi connectivity index (χ2n) is 4.25. The number of fused-ring (bicyclic) bond motifs is 1. The zero-order valence-electron chi connectivity index (χ0n) is 10.8. The zero-order valence-corrected chi connectivity index (χ0v) is 10.8. The molecule has 0 atom stereocenters. The molecule has 1 aromatic rings. The molecule has 0 aliphatic carbocycles. The summed E-state index contributed by atoms with van der Waals surface area (Å²) in [6, 6.07) is 2.57. The Labute approximate surface area is 110 Å². The van der Waals surface area contributed by atoms with Crippen molar-refractivity contribution in [3.63, 3.8) is 0 Å². The van der Waals surface area contributed by atoms with Gasteiger partial charge in [0.15, 0.2) is 0 Å². The van der Waals surface area contributed by atoms with Crippen LogP contribution in [0.5, 0.6) is 0 Å². The van der Waals surface area contributed by atoms with Crippen LogP contribution >= 0.6 is 0 Å². The van der Waals surface area contributed by atoms with E-state index in [2.05, 4.69) is 5.32 Å². The summed E-state index contributed by atoms with van der Waals surface area (Å²) < 4.78 is 19.1. The topological polar surface area (TPSA) is 58.6 Å². The highest BCUT2D eigenvalue weighted by atomic mass is 19.1. The van der Waals surface area contributed by atoms with E-state index in [0.29, 0.717) is 31.1 Å². The van der Waals surface area contributed by atoms with Crippen molar-refractivity contribution in [2.45, 2.75) is 6.92 Å². The quantitative estimate of drug-likeness (QED) is 0.647. The van der Waals surface area contributed by atoms with Crippen LogP contribution in [0.4, 0.5) is 15.8 Å². The van der Waals surface area contributed by atoms with Crippen molar-refractivity contribution in [2.75, 3.05) is 37.0 Å². The predicted octanol–water partition coefficient (Wildman–Crippen LogP) is 1.43. The van der Waals surface area contributed by atoms with Crippen LogP contribution in [0.3, 0.4) is 0 Å². The lowest BCUT2D eigenvalue weighted by atomic mass is 10.1. The summed E-state index contributed by atoms with van der Waals surface area (Å²) in [7, 11) is 1.72. The molecule has 102 valence electrons. The number of benzene rings is 1. The number of nitrogens with zero attached hydrogens (tertiary/aromatic N) is 1. The van der Waals surface area contributed by atoms with Crippen molar-refractivity contribution in [1.82, 2.24) is 0 Å². The van der Waals surface area contributed by atoms with Crippen LogP contribution in [0.15, 0.2) is 12.1 Å². The van der Waals surface area contributed by atoms with E-state index in [9.17, 15) is 14.0 Å². The summed E-state index contributed by atoms with van der Waals surface area (Å²) in [5, 5.41) is 2.42. The molecule has 2 rings (SSSR count). The minimum absolute atomic E-state index is 0.0875. The molecule has 6 heteroatoms. The first kappa shape index (κ1) is 13.5. The van der Waals surface area contributed by atoms with Gasteiger partial charge in [-0.05, 0) is 19.1 Å². The number of carbonyl (C=O) groups is 2. The Hall–Kier alpha value is -1.95. The highest BCUT2D eigenvalue weighted by molar-refractivity contribution is 6.51. The number of Topliss-reactive ketones (excluding diaryl/α,β-unsaturated/α-hetero) is 1. The minimum Gasteiger partial charge on any atom is -0.380 e. The monoisotopic (exact) mass is 266 g/mol. The van der Waals surface area contributed by atoms with Crippen molar-refractivity contribution in [2.24, 2.45) is 0 Å². The Balaban J connectivity index is 2.22. The Morgan fingerprint density at radius 3 is 2.79 bits per heavy atom. The molecule has 0 saturated carbocycles. The van der Waals surface area contributed by atoms with Crippen LogP contribution in [0.25, 0.3) is 0 Å². The van der Waals surface area contributed by atoms with Crippen LogP contribution in [-0.2, 0) is 9.53 Å². The van der Waals surface area contributed by atoms with Crippen LogP contribution in [0.2, 0.25) is 0 Å². The molecular formula is C13H15FN2O3. The van der Waals surface area contributed by atoms with Crippen molar-refractivity contribution >= 4 is 23.1 Å². The highest BCUT2D eigenvalue weighted by Gasteiger charge is 2.29. The third-order valence-corrected chi connectivity index (χ3v) is 2.97. The average molecular weight is 266 g/mol. The maximum Gasteiger partial charge on any atom is 0.296 e. The van der Waals surface area contributed by atoms with E-state index < -0.39 is 17.5 Å². The van der Waals surface area contributed by atoms with Gasteiger partial charge in [-0.15, -0.1) is 0 Å². The second-order valence-corrected chi connectivity index (χ2v) is 4.25. The zero-order chi connectivity index (χ0) is 14.0. The summed E-state index contributed by atoms with van der Waals surface area (Å²) in [6.45, 7) is 3.49. The van der Waals surface area contributed by atoms with Gasteiger partial charge in [-0.3, -0.25) is 9.59 Å². The number of anilines is 2. The Morgan fingerprint density at radius 1 is 1.37 bits per heavy atom. The molecule has 1 aliphatic heterocycles. The number of nitrogens with one attached hydrogen (secondary N) is 1. The van der Waals surface area contributed by atoms with Crippen molar-refractivity contribution < 1.29 is 18.7 Å². The van der Waals surface area contributed by atoms with Crippen molar-refractivity contribution in [1.29, 1.82) is 0 Å². The average Bonchev–Trinajstić information content (AvgIpc) is 2.65. The number of rotatable bonds is 5. The SMILES string of the molecule is CCOCCN(C)c1cc2c(cc1F)C(=O)C(=O)N2. The first-order chi connectivity index (χ1) is 9.04. The molecule has 0 radical (unpaired) electrons. The van der Waals surface area contributed by atoms with Crippen molar-refractivity contribution in [3.8, 4) is 0 Å². The van der Waals surface area contributed by atoms with E-state index in [-0.39, 0.29) is 5.56 Å². The number of carbonyl (C=O) groups excluding carboxylic acids is 2. The number of amides is 1. The maximum absolute atomic E-state index is 13.9. The van der Waals surface area contributed by atoms with Crippen LogP contribution in [0.1, 0.15) is 17.3 Å². The molecule has 5 nitrogen and oxygen atoms in total. The summed E-state index contributed by atoms with van der Waals surface area (Å²) in [5.74, 6) is -1.94. The summed E-state index contributed by atoms with van der Waals surface area (Å²) in [5.41, 5.74) is 0.771. The van der Waals surface area contributed by atoms with Gasteiger partial charge in [-0.25, -0.2) is 4.39 Å². The van der Waals surface area contributed by atoms with E-state index in [4.69, 9.17) is 4.74 Å². The minimum atomic E-state index is -0.719. The van der Waals surface area contributed by atoms with Gasteiger partial charge in [0.1, 0.15) is 5.82 Å². The molecule has 1 heterocycles. The third-order valence-electron chi connectivity index (χ3n) is 2.97. The second kappa shape index (κ2) is 5.36. The van der Waals surface area contributed by atoms with E-state index in [1.165, 1.54) is 6.07 Å². The molecule has 1 aliphatic rings. The molecule has 0 fully saturated rings. The fourth-order valence-corrected chi connectivity index (χ4v) is 1.91. The van der Waals surface area contributed by atoms with Gasteiger partial charge in [-0.1, -0.05) is 0 Å². The van der Waals surface area contributed by atoms with Gasteiger partial charge >= 0.3 is 0 Å². The Morgan fingerprint density at radius 2 is 2.11 bits per heavy atom. The molecule has 0 unspecified atom stereocenters.